The summed E-state index contributed by atoms with van der Waals surface area (Å²) in [7, 11) is 0. The normalized spacial score (nSPS) is 13.4. The fourth-order valence-corrected chi connectivity index (χ4v) is 3.59. The zero-order chi connectivity index (χ0) is 17.1. The quantitative estimate of drug-likeness (QED) is 0.769. The van der Waals surface area contributed by atoms with Gasteiger partial charge in [0, 0.05) is 5.69 Å². The third-order valence-electron chi connectivity index (χ3n) is 3.82. The molecule has 0 radical (unpaired) electrons. The van der Waals surface area contributed by atoms with Crippen molar-refractivity contribution >= 4 is 34.0 Å². The lowest BCUT2D eigenvalue weighted by Gasteiger charge is -2.09. The van der Waals surface area contributed by atoms with Crippen LogP contribution in [-0.4, -0.2) is 18.6 Å². The van der Waals surface area contributed by atoms with Crippen LogP contribution in [0.3, 0.4) is 0 Å². The number of aryl methyl sites for hydroxylation is 1. The molecule has 0 atom stereocenters. The molecule has 3 rings (SSSR count). The standard InChI is InChI=1S/C18H20N2O3S/c1-3-23-17(21)15-14(12-7-8-12)10-24-16(15)20-18(22)19-13-6-4-5-11(2)9-13/h4-6,9-10,12H,3,7-8H2,1-2H3,(H2,19,20,22). The Morgan fingerprint density at radius 1 is 1.29 bits per heavy atom. The number of benzene rings is 1. The minimum absolute atomic E-state index is 0.313. The van der Waals surface area contributed by atoms with E-state index < -0.39 is 0 Å². The summed E-state index contributed by atoms with van der Waals surface area (Å²) in [4.78, 5) is 24.5. The number of carbonyl (C=O) groups excluding carboxylic acids is 2. The first kappa shape index (κ1) is 16.5. The van der Waals surface area contributed by atoms with E-state index in [2.05, 4.69) is 10.6 Å². The highest BCUT2D eigenvalue weighted by atomic mass is 32.1. The summed E-state index contributed by atoms with van der Waals surface area (Å²) in [5.74, 6) is 0.0440. The SMILES string of the molecule is CCOC(=O)c1c(C2CC2)csc1NC(=O)Nc1cccc(C)c1. The van der Waals surface area contributed by atoms with Gasteiger partial charge in [0.1, 0.15) is 5.00 Å². The van der Waals surface area contributed by atoms with Crippen molar-refractivity contribution in [3.05, 3.63) is 46.3 Å². The van der Waals surface area contributed by atoms with Crippen molar-refractivity contribution in [3.8, 4) is 0 Å². The predicted octanol–water partition coefficient (Wildman–Crippen LogP) is 4.75. The van der Waals surface area contributed by atoms with E-state index in [9.17, 15) is 9.59 Å². The lowest BCUT2D eigenvalue weighted by atomic mass is 10.1. The van der Waals surface area contributed by atoms with Gasteiger partial charge in [-0.3, -0.25) is 5.32 Å². The molecule has 2 aromatic rings. The van der Waals surface area contributed by atoms with Gasteiger partial charge >= 0.3 is 12.0 Å². The average Bonchev–Trinajstić information content (AvgIpc) is 3.29. The van der Waals surface area contributed by atoms with Gasteiger partial charge in [-0.25, -0.2) is 9.59 Å². The van der Waals surface area contributed by atoms with E-state index >= 15 is 0 Å². The van der Waals surface area contributed by atoms with Gasteiger partial charge in [0.05, 0.1) is 12.2 Å². The number of anilines is 2. The largest absolute Gasteiger partial charge is 0.462 e. The fraction of sp³-hybridized carbons (Fsp3) is 0.333. The summed E-state index contributed by atoms with van der Waals surface area (Å²) < 4.78 is 5.16. The minimum atomic E-state index is -0.369. The molecule has 0 unspecified atom stereocenters. The Balaban J connectivity index is 1.76. The second-order valence-corrected chi connectivity index (χ2v) is 6.72. The summed E-state index contributed by atoms with van der Waals surface area (Å²) in [6, 6.07) is 7.18. The Morgan fingerprint density at radius 2 is 2.08 bits per heavy atom. The molecule has 1 aliphatic rings. The van der Waals surface area contributed by atoms with E-state index in [0.717, 1.165) is 24.0 Å². The first-order valence-corrected chi connectivity index (χ1v) is 8.89. The third-order valence-corrected chi connectivity index (χ3v) is 4.73. The Hall–Kier alpha value is -2.34. The van der Waals surface area contributed by atoms with Crippen molar-refractivity contribution in [3.63, 3.8) is 0 Å². The molecule has 1 aliphatic carbocycles. The van der Waals surface area contributed by atoms with Crippen LogP contribution in [0.1, 0.15) is 47.2 Å². The molecule has 0 spiro atoms. The van der Waals surface area contributed by atoms with Crippen LogP contribution in [0.5, 0.6) is 0 Å². The maximum Gasteiger partial charge on any atom is 0.341 e. The molecule has 2 N–H and O–H groups in total. The van der Waals surface area contributed by atoms with Gasteiger partial charge in [-0.05, 0) is 61.2 Å². The summed E-state index contributed by atoms with van der Waals surface area (Å²) in [5, 5.41) is 8.07. The van der Waals surface area contributed by atoms with E-state index in [1.165, 1.54) is 11.3 Å². The molecular formula is C18H20N2O3S. The molecule has 0 saturated heterocycles. The Morgan fingerprint density at radius 3 is 2.75 bits per heavy atom. The summed E-state index contributed by atoms with van der Waals surface area (Å²) >= 11 is 1.37. The molecule has 1 aromatic carbocycles. The fourth-order valence-electron chi connectivity index (χ4n) is 2.56. The van der Waals surface area contributed by atoms with Gasteiger partial charge in [-0.1, -0.05) is 12.1 Å². The topological polar surface area (TPSA) is 67.4 Å². The number of amides is 2. The molecule has 1 heterocycles. The van der Waals surface area contributed by atoms with Gasteiger partial charge in [-0.2, -0.15) is 0 Å². The third kappa shape index (κ3) is 3.76. The smallest absolute Gasteiger partial charge is 0.341 e. The predicted molar refractivity (Wildman–Crippen MR) is 96.1 cm³/mol. The number of nitrogens with one attached hydrogen (secondary N) is 2. The van der Waals surface area contributed by atoms with Crippen LogP contribution in [0.2, 0.25) is 0 Å². The highest BCUT2D eigenvalue weighted by Gasteiger charge is 2.32. The van der Waals surface area contributed by atoms with E-state index in [0.29, 0.717) is 28.8 Å². The number of hydrogen-bond donors (Lipinski definition) is 2. The zero-order valence-corrected chi connectivity index (χ0v) is 14.5. The Kier molecular flexibility index (Phi) is 4.85. The monoisotopic (exact) mass is 344 g/mol. The lowest BCUT2D eigenvalue weighted by molar-refractivity contribution is 0.0527. The molecule has 1 aromatic heterocycles. The van der Waals surface area contributed by atoms with Crippen molar-refractivity contribution < 1.29 is 14.3 Å². The van der Waals surface area contributed by atoms with Gasteiger partial charge < -0.3 is 10.1 Å². The zero-order valence-electron chi connectivity index (χ0n) is 13.7. The molecule has 1 fully saturated rings. The maximum atomic E-state index is 12.3. The number of thiophene rings is 1. The molecule has 1 saturated carbocycles. The van der Waals surface area contributed by atoms with Crippen LogP contribution in [0.15, 0.2) is 29.6 Å². The van der Waals surface area contributed by atoms with Crippen LogP contribution >= 0.6 is 11.3 Å². The molecule has 0 aliphatic heterocycles. The second-order valence-electron chi connectivity index (χ2n) is 5.84. The van der Waals surface area contributed by atoms with Crippen molar-refractivity contribution in [2.45, 2.75) is 32.6 Å². The van der Waals surface area contributed by atoms with Crippen molar-refractivity contribution in [1.29, 1.82) is 0 Å². The first-order chi connectivity index (χ1) is 11.6. The molecular weight excluding hydrogens is 324 g/mol. The number of ether oxygens (including phenoxy) is 1. The van der Waals surface area contributed by atoms with E-state index in [1.807, 2.05) is 36.6 Å². The summed E-state index contributed by atoms with van der Waals surface area (Å²) in [5.41, 5.74) is 3.27. The van der Waals surface area contributed by atoms with Gasteiger partial charge in [0.2, 0.25) is 0 Å². The molecule has 5 nitrogen and oxygen atoms in total. The summed E-state index contributed by atoms with van der Waals surface area (Å²) in [6.45, 7) is 4.05. The number of carbonyl (C=O) groups is 2. The average molecular weight is 344 g/mol. The molecule has 6 heteroatoms. The van der Waals surface area contributed by atoms with Gasteiger partial charge in [-0.15, -0.1) is 11.3 Å². The van der Waals surface area contributed by atoms with Crippen LogP contribution in [-0.2, 0) is 4.74 Å². The lowest BCUT2D eigenvalue weighted by Crippen LogP contribution is -2.20. The summed E-state index contributed by atoms with van der Waals surface area (Å²) in [6.07, 6.45) is 2.16. The van der Waals surface area contributed by atoms with Crippen LogP contribution in [0.25, 0.3) is 0 Å². The Labute approximate surface area is 145 Å². The minimum Gasteiger partial charge on any atom is -0.462 e. The molecule has 24 heavy (non-hydrogen) atoms. The van der Waals surface area contributed by atoms with Crippen LogP contribution < -0.4 is 10.6 Å². The van der Waals surface area contributed by atoms with E-state index in [1.54, 1.807) is 6.92 Å². The van der Waals surface area contributed by atoms with Crippen molar-refractivity contribution in [2.24, 2.45) is 0 Å². The van der Waals surface area contributed by atoms with Crippen LogP contribution in [0.4, 0.5) is 15.5 Å². The van der Waals surface area contributed by atoms with E-state index in [-0.39, 0.29) is 12.0 Å². The maximum absolute atomic E-state index is 12.3. The van der Waals surface area contributed by atoms with Crippen molar-refractivity contribution in [1.82, 2.24) is 0 Å². The second kappa shape index (κ2) is 7.05. The highest BCUT2D eigenvalue weighted by Crippen LogP contribution is 2.46. The van der Waals surface area contributed by atoms with E-state index in [4.69, 9.17) is 4.74 Å². The Bertz CT molecular complexity index is 765. The van der Waals surface area contributed by atoms with Crippen molar-refractivity contribution in [2.75, 3.05) is 17.2 Å². The number of hydrogen-bond acceptors (Lipinski definition) is 4. The molecule has 2 amide bonds. The molecule has 126 valence electrons. The first-order valence-electron chi connectivity index (χ1n) is 8.01. The number of esters is 1. The van der Waals surface area contributed by atoms with Gasteiger partial charge in [0.25, 0.3) is 0 Å². The number of rotatable bonds is 5. The van der Waals surface area contributed by atoms with Crippen LogP contribution in [0, 0.1) is 6.92 Å². The molecule has 0 bridgehead atoms. The highest BCUT2D eigenvalue weighted by molar-refractivity contribution is 7.15. The number of urea groups is 1. The van der Waals surface area contributed by atoms with Gasteiger partial charge in [0.15, 0.2) is 0 Å².